The van der Waals surface area contributed by atoms with Gasteiger partial charge >= 0.3 is 6.61 Å². The smallest absolute Gasteiger partial charge is 0.387 e. The van der Waals surface area contributed by atoms with E-state index in [0.717, 1.165) is 11.3 Å². The molecule has 0 aliphatic heterocycles. The van der Waals surface area contributed by atoms with E-state index in [9.17, 15) is 8.78 Å². The number of rotatable bonds is 9. The quantitative estimate of drug-likeness (QED) is 0.504. The number of benzene rings is 2. The summed E-state index contributed by atoms with van der Waals surface area (Å²) in [5.41, 5.74) is 1.58. The van der Waals surface area contributed by atoms with Gasteiger partial charge in [-0.1, -0.05) is 12.1 Å². The van der Waals surface area contributed by atoms with Crippen molar-refractivity contribution in [2.24, 2.45) is 4.99 Å². The van der Waals surface area contributed by atoms with Gasteiger partial charge < -0.3 is 24.8 Å². The molecule has 0 saturated carbocycles. The maximum Gasteiger partial charge on any atom is 0.387 e. The van der Waals surface area contributed by atoms with Gasteiger partial charge in [-0.3, -0.25) is 0 Å². The summed E-state index contributed by atoms with van der Waals surface area (Å²) in [6.45, 7) is 0.423. The summed E-state index contributed by atoms with van der Waals surface area (Å²) in [5.74, 6) is 1.85. The van der Waals surface area contributed by atoms with E-state index in [-0.39, 0.29) is 12.3 Å². The van der Waals surface area contributed by atoms with Gasteiger partial charge in [-0.05, 0) is 36.8 Å². The predicted octanol–water partition coefficient (Wildman–Crippen LogP) is 3.56. The summed E-state index contributed by atoms with van der Waals surface area (Å²) < 4.78 is 40.2. The molecular weight excluding hydrogens is 368 g/mol. The lowest BCUT2D eigenvalue weighted by Gasteiger charge is -2.15. The molecule has 6 nitrogen and oxygen atoms in total. The van der Waals surface area contributed by atoms with E-state index in [1.165, 1.54) is 13.2 Å². The summed E-state index contributed by atoms with van der Waals surface area (Å²) in [6, 6.07) is 12.4. The van der Waals surface area contributed by atoms with Gasteiger partial charge in [-0.15, -0.1) is 0 Å². The zero-order chi connectivity index (χ0) is 20.4. The van der Waals surface area contributed by atoms with E-state index < -0.39 is 6.61 Å². The van der Waals surface area contributed by atoms with Crippen LogP contribution in [0.15, 0.2) is 47.5 Å². The Morgan fingerprint density at radius 2 is 1.68 bits per heavy atom. The van der Waals surface area contributed by atoms with E-state index in [2.05, 4.69) is 20.4 Å². The van der Waals surface area contributed by atoms with Crippen LogP contribution in [0, 0.1) is 0 Å². The Hall–Kier alpha value is -3.03. The molecule has 2 aromatic rings. The molecule has 152 valence electrons. The molecular formula is C20H25F2N3O3. The zero-order valence-electron chi connectivity index (χ0n) is 16.2. The molecule has 0 atom stereocenters. The maximum atomic E-state index is 12.7. The van der Waals surface area contributed by atoms with Crippen molar-refractivity contribution in [2.45, 2.75) is 26.6 Å². The van der Waals surface area contributed by atoms with E-state index in [1.807, 2.05) is 31.2 Å². The summed E-state index contributed by atoms with van der Waals surface area (Å²) >= 11 is 0. The summed E-state index contributed by atoms with van der Waals surface area (Å²) in [4.78, 5) is 4.52. The van der Waals surface area contributed by atoms with Crippen LogP contribution in [0.25, 0.3) is 0 Å². The molecule has 0 fully saturated rings. The maximum absolute atomic E-state index is 12.7. The molecule has 0 saturated heterocycles. The van der Waals surface area contributed by atoms with Crippen LogP contribution in [-0.4, -0.2) is 33.3 Å². The van der Waals surface area contributed by atoms with Crippen LogP contribution in [0.1, 0.15) is 18.1 Å². The summed E-state index contributed by atoms with van der Waals surface area (Å²) in [5, 5.41) is 6.26. The van der Waals surface area contributed by atoms with Crippen molar-refractivity contribution in [1.29, 1.82) is 0 Å². The second-order valence-corrected chi connectivity index (χ2v) is 5.75. The van der Waals surface area contributed by atoms with Gasteiger partial charge in [0.05, 0.1) is 20.8 Å². The summed E-state index contributed by atoms with van der Waals surface area (Å²) in [6.07, 6.45) is 0. The molecule has 0 aromatic heterocycles. The first-order chi connectivity index (χ1) is 13.5. The second kappa shape index (κ2) is 11.0. The highest BCUT2D eigenvalue weighted by atomic mass is 19.3. The number of methoxy groups -OCH3 is 2. The number of guanidine groups is 1. The van der Waals surface area contributed by atoms with E-state index in [1.54, 1.807) is 19.2 Å². The van der Waals surface area contributed by atoms with E-state index >= 15 is 0 Å². The van der Waals surface area contributed by atoms with Crippen LogP contribution in [0.4, 0.5) is 8.78 Å². The molecule has 0 unspecified atom stereocenters. The molecule has 2 aromatic carbocycles. The first kappa shape index (κ1) is 21.3. The fraction of sp³-hybridized carbons (Fsp3) is 0.350. The lowest BCUT2D eigenvalue weighted by atomic mass is 10.2. The normalized spacial score (nSPS) is 11.3. The third-order valence-electron chi connectivity index (χ3n) is 3.86. The topological polar surface area (TPSA) is 64.1 Å². The number of aliphatic imine (C=N–C) groups is 1. The van der Waals surface area contributed by atoms with Crippen LogP contribution in [0.3, 0.4) is 0 Å². The standard InChI is InChI=1S/C20H25F2N3O3/c1-4-23-20(24-12-14-5-8-16(26-2)9-6-14)25-13-15-7-10-17(27-3)11-18(15)28-19(21)22/h5-11,19H,4,12-13H2,1-3H3,(H2,23,24,25). The Kier molecular flexibility index (Phi) is 8.33. The van der Waals surface area contributed by atoms with Crippen molar-refractivity contribution in [3.63, 3.8) is 0 Å². The van der Waals surface area contributed by atoms with Crippen LogP contribution in [0.2, 0.25) is 0 Å². The van der Waals surface area contributed by atoms with Gasteiger partial charge in [-0.25, -0.2) is 4.99 Å². The van der Waals surface area contributed by atoms with Gasteiger partial charge in [0.15, 0.2) is 5.96 Å². The average Bonchev–Trinajstić information content (AvgIpc) is 2.70. The first-order valence-electron chi connectivity index (χ1n) is 8.82. The average molecular weight is 393 g/mol. The van der Waals surface area contributed by atoms with Crippen molar-refractivity contribution in [1.82, 2.24) is 10.6 Å². The molecule has 0 bridgehead atoms. The Labute approximate surface area is 163 Å². The molecule has 2 N–H and O–H groups in total. The molecule has 28 heavy (non-hydrogen) atoms. The third-order valence-corrected chi connectivity index (χ3v) is 3.86. The van der Waals surface area contributed by atoms with Gasteiger partial charge in [0, 0.05) is 24.7 Å². The largest absolute Gasteiger partial charge is 0.497 e. The highest BCUT2D eigenvalue weighted by Gasteiger charge is 2.12. The van der Waals surface area contributed by atoms with Crippen LogP contribution >= 0.6 is 0 Å². The van der Waals surface area contributed by atoms with Crippen molar-refractivity contribution in [3.05, 3.63) is 53.6 Å². The van der Waals surface area contributed by atoms with Gasteiger partial charge in [0.1, 0.15) is 17.2 Å². The molecule has 0 spiro atoms. The van der Waals surface area contributed by atoms with E-state index in [4.69, 9.17) is 9.47 Å². The molecule has 0 aliphatic rings. The second-order valence-electron chi connectivity index (χ2n) is 5.75. The number of nitrogens with zero attached hydrogens (tertiary/aromatic N) is 1. The van der Waals surface area contributed by atoms with Gasteiger partial charge in [0.25, 0.3) is 0 Å². The Morgan fingerprint density at radius 3 is 2.29 bits per heavy atom. The predicted molar refractivity (Wildman–Crippen MR) is 104 cm³/mol. The number of ether oxygens (including phenoxy) is 3. The lowest BCUT2D eigenvalue weighted by molar-refractivity contribution is -0.0505. The number of hydrogen-bond donors (Lipinski definition) is 2. The molecule has 0 heterocycles. The Morgan fingerprint density at radius 1 is 1.00 bits per heavy atom. The van der Waals surface area contributed by atoms with Crippen molar-refractivity contribution >= 4 is 5.96 Å². The van der Waals surface area contributed by atoms with Crippen molar-refractivity contribution in [2.75, 3.05) is 20.8 Å². The minimum Gasteiger partial charge on any atom is -0.497 e. The SMILES string of the molecule is CCNC(=NCc1ccc(OC)cc1)NCc1ccc(OC)cc1OC(F)F. The monoisotopic (exact) mass is 393 g/mol. The van der Waals surface area contributed by atoms with E-state index in [0.29, 0.717) is 30.4 Å². The van der Waals surface area contributed by atoms with Crippen molar-refractivity contribution < 1.29 is 23.0 Å². The van der Waals surface area contributed by atoms with Crippen molar-refractivity contribution in [3.8, 4) is 17.2 Å². The van der Waals surface area contributed by atoms with Crippen LogP contribution in [0.5, 0.6) is 17.2 Å². The minimum absolute atomic E-state index is 0.0628. The highest BCUT2D eigenvalue weighted by molar-refractivity contribution is 5.79. The number of nitrogens with one attached hydrogen (secondary N) is 2. The Balaban J connectivity index is 2.07. The molecule has 0 radical (unpaired) electrons. The molecule has 2 rings (SSSR count). The van der Waals surface area contributed by atoms with Gasteiger partial charge in [-0.2, -0.15) is 8.78 Å². The van der Waals surface area contributed by atoms with Crippen LogP contribution < -0.4 is 24.8 Å². The molecule has 0 amide bonds. The van der Waals surface area contributed by atoms with Gasteiger partial charge in [0.2, 0.25) is 0 Å². The first-order valence-corrected chi connectivity index (χ1v) is 8.82. The molecule has 0 aliphatic carbocycles. The molecule has 8 heteroatoms. The summed E-state index contributed by atoms with van der Waals surface area (Å²) in [7, 11) is 3.08. The van der Waals surface area contributed by atoms with Crippen LogP contribution in [-0.2, 0) is 13.1 Å². The Bertz CT molecular complexity index is 768. The number of halogens is 2. The fourth-order valence-electron chi connectivity index (χ4n) is 2.44. The third kappa shape index (κ3) is 6.61. The zero-order valence-corrected chi connectivity index (χ0v) is 16.2. The number of alkyl halides is 2. The fourth-order valence-corrected chi connectivity index (χ4v) is 2.44. The number of hydrogen-bond acceptors (Lipinski definition) is 4. The minimum atomic E-state index is -2.91. The highest BCUT2D eigenvalue weighted by Crippen LogP contribution is 2.26. The lowest BCUT2D eigenvalue weighted by Crippen LogP contribution is -2.36.